The van der Waals surface area contributed by atoms with Gasteiger partial charge >= 0.3 is 0 Å². The van der Waals surface area contributed by atoms with Crippen LogP contribution < -0.4 is 0 Å². The average molecular weight is 741 g/mol. The van der Waals surface area contributed by atoms with Gasteiger partial charge in [-0.15, -0.1) is 0 Å². The third kappa shape index (κ3) is 4.26. The molecule has 0 saturated heterocycles. The van der Waals surface area contributed by atoms with Gasteiger partial charge in [0.2, 0.25) is 0 Å². The minimum atomic E-state index is 0.858. The molecule has 6 heteroatoms. The Hall–Kier alpha value is -7.96. The topological polar surface area (TPSA) is 45.5 Å². The zero-order chi connectivity index (χ0) is 37.9. The molecule has 0 spiro atoms. The van der Waals surface area contributed by atoms with Crippen molar-refractivity contribution in [3.8, 4) is 22.9 Å². The van der Waals surface area contributed by atoms with Gasteiger partial charge < -0.3 is 13.7 Å². The van der Waals surface area contributed by atoms with Gasteiger partial charge in [0.25, 0.3) is 0 Å². The molecule has 0 aliphatic heterocycles. The summed E-state index contributed by atoms with van der Waals surface area (Å²) >= 11 is 0. The van der Waals surface area contributed by atoms with E-state index in [1.807, 2.05) is 18.5 Å². The molecule has 0 amide bonds. The summed E-state index contributed by atoms with van der Waals surface area (Å²) in [7, 11) is 0. The fourth-order valence-corrected chi connectivity index (χ4v) is 9.63. The van der Waals surface area contributed by atoms with E-state index in [0.29, 0.717) is 0 Å². The predicted molar refractivity (Wildman–Crippen MR) is 239 cm³/mol. The molecule has 0 atom stereocenters. The molecule has 0 saturated carbocycles. The minimum Gasteiger partial charge on any atom is -0.309 e. The largest absolute Gasteiger partial charge is 0.309 e. The van der Waals surface area contributed by atoms with Crippen molar-refractivity contribution in [2.45, 2.75) is 0 Å². The highest BCUT2D eigenvalue weighted by atomic mass is 15.1. The third-order valence-electron chi connectivity index (χ3n) is 12.1. The summed E-state index contributed by atoms with van der Waals surface area (Å²) < 4.78 is 9.37. The van der Waals surface area contributed by atoms with Crippen LogP contribution in [0, 0.1) is 0 Å². The van der Waals surface area contributed by atoms with Crippen molar-refractivity contribution in [3.05, 3.63) is 194 Å². The molecule has 6 aromatic heterocycles. The van der Waals surface area contributed by atoms with Crippen LogP contribution in [0.2, 0.25) is 0 Å². The second kappa shape index (κ2) is 11.8. The van der Waals surface area contributed by atoms with E-state index in [2.05, 4.69) is 194 Å². The Labute approximate surface area is 331 Å². The first-order valence-electron chi connectivity index (χ1n) is 19.7. The highest BCUT2D eigenvalue weighted by Gasteiger charge is 2.20. The van der Waals surface area contributed by atoms with E-state index < -0.39 is 0 Å². The number of rotatable bonds is 4. The normalized spacial score (nSPS) is 12.1. The van der Waals surface area contributed by atoms with E-state index in [0.717, 1.165) is 66.6 Å². The highest BCUT2D eigenvalue weighted by Crippen LogP contribution is 2.39. The lowest BCUT2D eigenvalue weighted by atomic mass is 10.1. The minimum absolute atomic E-state index is 0.858. The van der Waals surface area contributed by atoms with Gasteiger partial charge in [0, 0.05) is 55.3 Å². The Morgan fingerprint density at radius 3 is 1.16 bits per heavy atom. The van der Waals surface area contributed by atoms with E-state index in [1.165, 1.54) is 43.6 Å². The monoisotopic (exact) mass is 740 g/mol. The second-order valence-electron chi connectivity index (χ2n) is 15.1. The molecule has 0 N–H and O–H groups in total. The molecule has 6 heterocycles. The summed E-state index contributed by atoms with van der Waals surface area (Å²) in [4.78, 5) is 9.96. The molecule has 0 unspecified atom stereocenters. The summed E-state index contributed by atoms with van der Waals surface area (Å²) in [6, 6.07) is 65.5. The van der Waals surface area contributed by atoms with Gasteiger partial charge in [-0.3, -0.25) is 9.55 Å². The van der Waals surface area contributed by atoms with Crippen molar-refractivity contribution in [2.24, 2.45) is 0 Å². The van der Waals surface area contributed by atoms with Gasteiger partial charge in [0.15, 0.2) is 0 Å². The maximum absolute atomic E-state index is 5.21. The van der Waals surface area contributed by atoms with Crippen LogP contribution in [-0.2, 0) is 0 Å². The molecule has 13 aromatic rings. The fourth-order valence-electron chi connectivity index (χ4n) is 9.63. The predicted octanol–water partition coefficient (Wildman–Crippen LogP) is 12.9. The SMILES string of the molecule is c1ccc2c(c1)c1ccccc1n2-c1ccc2c(c1)c1cc(-n3c4ccccc4c4ccccc43)ccc1n2-c1ccc(-n2c3ccccc3c3ncccc32)cn1. The highest BCUT2D eigenvalue weighted by molar-refractivity contribution is 6.14. The van der Waals surface area contributed by atoms with Gasteiger partial charge in [-0.2, -0.15) is 0 Å². The van der Waals surface area contributed by atoms with Gasteiger partial charge in [-0.05, 0) is 91.0 Å². The molecular formula is C52H32N6. The van der Waals surface area contributed by atoms with Crippen molar-refractivity contribution in [3.63, 3.8) is 0 Å². The zero-order valence-corrected chi connectivity index (χ0v) is 31.2. The van der Waals surface area contributed by atoms with Gasteiger partial charge in [0.1, 0.15) is 5.82 Å². The quantitative estimate of drug-likeness (QED) is 0.180. The molecule has 0 aliphatic rings. The number of benzene rings is 7. The molecule has 13 rings (SSSR count). The van der Waals surface area contributed by atoms with Crippen LogP contribution in [0.15, 0.2) is 194 Å². The first-order chi connectivity index (χ1) is 28.8. The van der Waals surface area contributed by atoms with E-state index >= 15 is 0 Å². The Morgan fingerprint density at radius 2 is 0.672 bits per heavy atom. The molecule has 270 valence electrons. The molecule has 7 aromatic carbocycles. The molecule has 0 fully saturated rings. The van der Waals surface area contributed by atoms with Crippen molar-refractivity contribution < 1.29 is 0 Å². The summed E-state index contributed by atoms with van der Waals surface area (Å²) in [5.41, 5.74) is 13.3. The fraction of sp³-hybridized carbons (Fsp3) is 0. The maximum Gasteiger partial charge on any atom is 0.137 e. The average Bonchev–Trinajstić information content (AvgIpc) is 4.01. The van der Waals surface area contributed by atoms with Crippen LogP contribution in [0.4, 0.5) is 0 Å². The van der Waals surface area contributed by atoms with Crippen LogP contribution in [0.3, 0.4) is 0 Å². The summed E-state index contributed by atoms with van der Waals surface area (Å²) in [6.45, 7) is 0. The van der Waals surface area contributed by atoms with Gasteiger partial charge in [0.05, 0.1) is 61.5 Å². The molecule has 6 nitrogen and oxygen atoms in total. The van der Waals surface area contributed by atoms with Crippen molar-refractivity contribution in [1.29, 1.82) is 0 Å². The van der Waals surface area contributed by atoms with Gasteiger partial charge in [-0.1, -0.05) is 91.0 Å². The van der Waals surface area contributed by atoms with Crippen molar-refractivity contribution in [1.82, 2.24) is 28.2 Å². The van der Waals surface area contributed by atoms with E-state index in [4.69, 9.17) is 9.97 Å². The lowest BCUT2D eigenvalue weighted by molar-refractivity contribution is 1.05. The van der Waals surface area contributed by atoms with E-state index in [1.54, 1.807) is 0 Å². The number of fused-ring (bicyclic) bond motifs is 12. The van der Waals surface area contributed by atoms with Crippen LogP contribution in [0.5, 0.6) is 0 Å². The number of nitrogens with zero attached hydrogens (tertiary/aromatic N) is 6. The first kappa shape index (κ1) is 31.3. The van der Waals surface area contributed by atoms with Gasteiger partial charge in [-0.25, -0.2) is 4.98 Å². The number of hydrogen-bond donors (Lipinski definition) is 0. The Morgan fingerprint density at radius 1 is 0.276 bits per heavy atom. The van der Waals surface area contributed by atoms with Crippen molar-refractivity contribution >= 4 is 87.4 Å². The lowest BCUT2D eigenvalue weighted by Crippen LogP contribution is -2.01. The standard InChI is InChI=1S/C52H32N6/c1-6-17-43-36(12-1)37-13-2-7-18-44(37)55(43)33-23-26-48-41(30-33)42-31-34(56-45-19-8-3-14-38(45)39-15-4-9-20-46(39)56)24-27-49(42)58(48)51-28-25-35(32-54-51)57-47-21-10-5-16-40(47)52-50(57)22-11-29-53-52/h1-32H. The molecule has 0 radical (unpaired) electrons. The van der Waals surface area contributed by atoms with Crippen molar-refractivity contribution in [2.75, 3.05) is 0 Å². The van der Waals surface area contributed by atoms with Crippen LogP contribution in [0.1, 0.15) is 0 Å². The molecular weight excluding hydrogens is 709 g/mol. The van der Waals surface area contributed by atoms with E-state index in [-0.39, 0.29) is 0 Å². The smallest absolute Gasteiger partial charge is 0.137 e. The van der Waals surface area contributed by atoms with Crippen LogP contribution in [0.25, 0.3) is 110 Å². The second-order valence-corrected chi connectivity index (χ2v) is 15.1. The first-order valence-corrected chi connectivity index (χ1v) is 19.7. The molecule has 0 aliphatic carbocycles. The van der Waals surface area contributed by atoms with Crippen LogP contribution >= 0.6 is 0 Å². The number of pyridine rings is 2. The number of para-hydroxylation sites is 5. The Bertz CT molecular complexity index is 3470. The summed E-state index contributed by atoms with van der Waals surface area (Å²) in [6.07, 6.45) is 3.85. The van der Waals surface area contributed by atoms with E-state index in [9.17, 15) is 0 Å². The van der Waals surface area contributed by atoms with Crippen LogP contribution in [-0.4, -0.2) is 28.2 Å². The maximum atomic E-state index is 5.21. The summed E-state index contributed by atoms with van der Waals surface area (Å²) in [5, 5.41) is 8.45. The zero-order valence-electron chi connectivity index (χ0n) is 31.2. The Balaban J connectivity index is 1.07. The number of aromatic nitrogens is 6. The number of hydrogen-bond acceptors (Lipinski definition) is 2. The summed E-state index contributed by atoms with van der Waals surface area (Å²) in [5.74, 6) is 0.858. The third-order valence-corrected chi connectivity index (χ3v) is 12.1. The molecule has 58 heavy (non-hydrogen) atoms. The lowest BCUT2D eigenvalue weighted by Gasteiger charge is -2.12. The Kier molecular flexibility index (Phi) is 6.35. The molecule has 0 bridgehead atoms.